The molecule has 1 aromatic carbocycles. The van der Waals surface area contributed by atoms with Crippen molar-refractivity contribution in [3.63, 3.8) is 0 Å². The highest BCUT2D eigenvalue weighted by Crippen LogP contribution is 2.15. The average Bonchev–Trinajstić information content (AvgIpc) is 3.26. The van der Waals surface area contributed by atoms with Crippen molar-refractivity contribution < 1.29 is 9.59 Å². The molecule has 1 saturated heterocycles. The van der Waals surface area contributed by atoms with E-state index in [0.29, 0.717) is 17.0 Å². The Morgan fingerprint density at radius 1 is 1.25 bits per heavy atom. The van der Waals surface area contributed by atoms with E-state index in [4.69, 9.17) is 0 Å². The number of carbonyl (C=O) groups is 2. The van der Waals surface area contributed by atoms with Gasteiger partial charge in [-0.05, 0) is 25.3 Å². The second-order valence-electron chi connectivity index (χ2n) is 6.02. The summed E-state index contributed by atoms with van der Waals surface area (Å²) in [6.07, 6.45) is 2.57. The molecule has 2 amide bonds. The summed E-state index contributed by atoms with van der Waals surface area (Å²) in [5.74, 6) is -0.213. The van der Waals surface area contributed by atoms with E-state index in [9.17, 15) is 9.59 Å². The van der Waals surface area contributed by atoms with E-state index in [1.165, 1.54) is 11.3 Å². The lowest BCUT2D eigenvalue weighted by molar-refractivity contribution is -0.132. The zero-order valence-electron chi connectivity index (χ0n) is 13.7. The number of nitrogens with one attached hydrogen (secondary N) is 1. The third kappa shape index (κ3) is 3.82. The molecule has 0 unspecified atom stereocenters. The Morgan fingerprint density at radius 3 is 2.58 bits per heavy atom. The van der Waals surface area contributed by atoms with Crippen LogP contribution < -0.4 is 5.32 Å². The normalized spacial score (nSPS) is 15.3. The molecule has 0 aliphatic carbocycles. The van der Waals surface area contributed by atoms with Gasteiger partial charge in [-0.2, -0.15) is 0 Å². The van der Waals surface area contributed by atoms with Crippen LogP contribution >= 0.6 is 11.3 Å². The highest BCUT2D eigenvalue weighted by Gasteiger charge is 2.29. The quantitative estimate of drug-likeness (QED) is 0.907. The van der Waals surface area contributed by atoms with Gasteiger partial charge in [0.05, 0.1) is 11.2 Å². The van der Waals surface area contributed by atoms with Gasteiger partial charge in [-0.15, -0.1) is 11.3 Å². The molecule has 1 aliphatic heterocycles. The van der Waals surface area contributed by atoms with Crippen LogP contribution in [0, 0.1) is 6.92 Å². The SMILES string of the molecule is Cc1ncsc1C(=O)N[C@H](Cc1ccccc1)C(=O)N1CCCC1. The third-order valence-corrected chi connectivity index (χ3v) is 5.18. The minimum Gasteiger partial charge on any atom is -0.341 e. The molecule has 5 nitrogen and oxygen atoms in total. The highest BCUT2D eigenvalue weighted by atomic mass is 32.1. The molecule has 24 heavy (non-hydrogen) atoms. The van der Waals surface area contributed by atoms with Crippen molar-refractivity contribution in [1.29, 1.82) is 0 Å². The number of hydrogen-bond acceptors (Lipinski definition) is 4. The number of amides is 2. The molecule has 1 atom stereocenters. The van der Waals surface area contributed by atoms with Crippen LogP contribution in [0.15, 0.2) is 35.8 Å². The third-order valence-electron chi connectivity index (χ3n) is 4.26. The number of aromatic nitrogens is 1. The number of benzene rings is 1. The van der Waals surface area contributed by atoms with E-state index in [0.717, 1.165) is 31.5 Å². The Hall–Kier alpha value is -2.21. The van der Waals surface area contributed by atoms with Gasteiger partial charge in [-0.1, -0.05) is 30.3 Å². The molecule has 1 aliphatic rings. The predicted molar refractivity (Wildman–Crippen MR) is 94.1 cm³/mol. The zero-order valence-corrected chi connectivity index (χ0v) is 14.5. The fraction of sp³-hybridized carbons (Fsp3) is 0.389. The molecule has 3 rings (SSSR count). The van der Waals surface area contributed by atoms with Crippen LogP contribution in [0.1, 0.15) is 33.8 Å². The lowest BCUT2D eigenvalue weighted by atomic mass is 10.0. The van der Waals surface area contributed by atoms with Gasteiger partial charge in [-0.25, -0.2) is 4.98 Å². The largest absolute Gasteiger partial charge is 0.341 e. The minimum atomic E-state index is -0.542. The van der Waals surface area contributed by atoms with Crippen molar-refractivity contribution in [1.82, 2.24) is 15.2 Å². The number of carbonyl (C=O) groups excluding carboxylic acids is 2. The van der Waals surface area contributed by atoms with Crippen molar-refractivity contribution in [2.45, 2.75) is 32.2 Å². The number of rotatable bonds is 5. The van der Waals surface area contributed by atoms with Gasteiger partial charge in [0.2, 0.25) is 5.91 Å². The smallest absolute Gasteiger partial charge is 0.263 e. The molecular formula is C18H21N3O2S. The van der Waals surface area contributed by atoms with E-state index in [1.54, 1.807) is 12.4 Å². The maximum Gasteiger partial charge on any atom is 0.263 e. The Bertz CT molecular complexity index is 708. The number of likely N-dealkylation sites (tertiary alicyclic amines) is 1. The summed E-state index contributed by atoms with van der Waals surface area (Å²) in [7, 11) is 0. The number of nitrogens with zero attached hydrogens (tertiary/aromatic N) is 2. The minimum absolute atomic E-state index is 0.00636. The maximum absolute atomic E-state index is 12.8. The van der Waals surface area contributed by atoms with Crippen LogP contribution in [0.5, 0.6) is 0 Å². The van der Waals surface area contributed by atoms with Gasteiger partial charge in [0.1, 0.15) is 10.9 Å². The van der Waals surface area contributed by atoms with Crippen molar-refractivity contribution >= 4 is 23.2 Å². The van der Waals surface area contributed by atoms with Crippen LogP contribution in [-0.4, -0.2) is 40.8 Å². The first kappa shape index (κ1) is 16.6. The summed E-state index contributed by atoms with van der Waals surface area (Å²) in [6.45, 7) is 3.36. The predicted octanol–water partition coefficient (Wildman–Crippen LogP) is 2.42. The first-order valence-electron chi connectivity index (χ1n) is 8.19. The summed E-state index contributed by atoms with van der Waals surface area (Å²) in [5.41, 5.74) is 3.39. The van der Waals surface area contributed by atoms with Crippen LogP contribution in [0.25, 0.3) is 0 Å². The fourth-order valence-corrected chi connectivity index (χ4v) is 3.66. The summed E-state index contributed by atoms with van der Waals surface area (Å²) in [6, 6.07) is 9.26. The van der Waals surface area contributed by atoms with Crippen molar-refractivity contribution in [2.24, 2.45) is 0 Å². The van der Waals surface area contributed by atoms with Crippen molar-refractivity contribution in [3.8, 4) is 0 Å². The summed E-state index contributed by atoms with van der Waals surface area (Å²) in [5, 5.41) is 2.93. The first-order chi connectivity index (χ1) is 11.6. The zero-order chi connectivity index (χ0) is 16.9. The molecule has 6 heteroatoms. The van der Waals surface area contributed by atoms with E-state index in [2.05, 4.69) is 10.3 Å². The Morgan fingerprint density at radius 2 is 1.96 bits per heavy atom. The Balaban J connectivity index is 1.77. The molecule has 0 bridgehead atoms. The lowest BCUT2D eigenvalue weighted by Crippen LogP contribution is -2.49. The first-order valence-corrected chi connectivity index (χ1v) is 9.07. The molecule has 1 aromatic heterocycles. The Kier molecular flexibility index (Phi) is 5.25. The molecule has 0 spiro atoms. The van der Waals surface area contributed by atoms with Gasteiger partial charge < -0.3 is 10.2 Å². The van der Waals surface area contributed by atoms with E-state index in [-0.39, 0.29) is 11.8 Å². The lowest BCUT2D eigenvalue weighted by Gasteiger charge is -2.24. The molecule has 126 valence electrons. The van der Waals surface area contributed by atoms with E-state index < -0.39 is 6.04 Å². The average molecular weight is 343 g/mol. The number of thiazole rings is 1. The fourth-order valence-electron chi connectivity index (χ4n) is 2.95. The topological polar surface area (TPSA) is 62.3 Å². The maximum atomic E-state index is 12.8. The van der Waals surface area contributed by atoms with Crippen LogP contribution in [0.3, 0.4) is 0 Å². The van der Waals surface area contributed by atoms with E-state index >= 15 is 0 Å². The second-order valence-corrected chi connectivity index (χ2v) is 6.87. The van der Waals surface area contributed by atoms with Gasteiger partial charge in [0.15, 0.2) is 0 Å². The van der Waals surface area contributed by atoms with Crippen molar-refractivity contribution in [3.05, 3.63) is 52.0 Å². The molecule has 2 heterocycles. The molecule has 0 radical (unpaired) electrons. The van der Waals surface area contributed by atoms with Crippen LogP contribution in [0.2, 0.25) is 0 Å². The van der Waals surface area contributed by atoms with E-state index in [1.807, 2.05) is 35.2 Å². The van der Waals surface area contributed by atoms with Gasteiger partial charge >= 0.3 is 0 Å². The van der Waals surface area contributed by atoms with Crippen LogP contribution in [0.4, 0.5) is 0 Å². The highest BCUT2D eigenvalue weighted by molar-refractivity contribution is 7.11. The summed E-state index contributed by atoms with van der Waals surface area (Å²) >= 11 is 1.30. The monoisotopic (exact) mass is 343 g/mol. The molecule has 2 aromatic rings. The summed E-state index contributed by atoms with van der Waals surface area (Å²) < 4.78 is 0. The van der Waals surface area contributed by atoms with Crippen LogP contribution in [-0.2, 0) is 11.2 Å². The standard InChI is InChI=1S/C18H21N3O2S/c1-13-16(24-12-19-13)17(22)20-15(11-14-7-3-2-4-8-14)18(23)21-9-5-6-10-21/h2-4,7-8,12,15H,5-6,9-11H2,1H3,(H,20,22)/t15-/m1/s1. The number of aryl methyl sites for hydroxylation is 1. The summed E-state index contributed by atoms with van der Waals surface area (Å²) in [4.78, 5) is 31.9. The van der Waals surface area contributed by atoms with Gasteiger partial charge in [-0.3, -0.25) is 9.59 Å². The number of hydrogen-bond donors (Lipinski definition) is 1. The van der Waals surface area contributed by atoms with Gasteiger partial charge in [0.25, 0.3) is 5.91 Å². The molecule has 1 N–H and O–H groups in total. The second kappa shape index (κ2) is 7.57. The molecule has 0 saturated carbocycles. The molecule has 1 fully saturated rings. The molecular weight excluding hydrogens is 322 g/mol. The van der Waals surface area contributed by atoms with Gasteiger partial charge in [0, 0.05) is 19.5 Å². The van der Waals surface area contributed by atoms with Crippen molar-refractivity contribution in [2.75, 3.05) is 13.1 Å². The Labute approximate surface area is 145 Å².